The Morgan fingerprint density at radius 1 is 1.25 bits per heavy atom. The number of anilines is 1. The van der Waals surface area contributed by atoms with Crippen molar-refractivity contribution >= 4 is 11.6 Å². The molecule has 2 saturated heterocycles. The summed E-state index contributed by atoms with van der Waals surface area (Å²) in [5.74, 6) is 1.67. The van der Waals surface area contributed by atoms with Crippen LogP contribution in [0.3, 0.4) is 0 Å². The molecule has 24 heavy (non-hydrogen) atoms. The monoisotopic (exact) mass is 332 g/mol. The summed E-state index contributed by atoms with van der Waals surface area (Å²) >= 11 is 0. The zero-order valence-corrected chi connectivity index (χ0v) is 14.4. The number of hydrogen-bond acceptors (Lipinski definition) is 4. The molecule has 0 radical (unpaired) electrons. The van der Waals surface area contributed by atoms with Crippen LogP contribution in [0.2, 0.25) is 0 Å². The highest BCUT2D eigenvalue weighted by molar-refractivity contribution is 5.92. The van der Waals surface area contributed by atoms with Crippen LogP contribution in [-0.2, 0) is 9.53 Å². The molecule has 0 saturated carbocycles. The topological polar surface area (TPSA) is 59.6 Å². The van der Waals surface area contributed by atoms with E-state index in [1.165, 1.54) is 0 Å². The number of carbonyl (C=O) groups is 1. The van der Waals surface area contributed by atoms with Gasteiger partial charge in [-0.1, -0.05) is 0 Å². The lowest BCUT2D eigenvalue weighted by Crippen LogP contribution is -2.40. The van der Waals surface area contributed by atoms with Crippen molar-refractivity contribution in [1.29, 1.82) is 0 Å². The molecule has 3 rings (SSSR count). The molecule has 1 aromatic carbocycles. The first kappa shape index (κ1) is 17.2. The van der Waals surface area contributed by atoms with Crippen molar-refractivity contribution in [1.82, 2.24) is 5.32 Å². The first-order valence-electron chi connectivity index (χ1n) is 9.05. The summed E-state index contributed by atoms with van der Waals surface area (Å²) < 4.78 is 11.2. The molecule has 2 aliphatic heterocycles. The van der Waals surface area contributed by atoms with Crippen LogP contribution in [0.5, 0.6) is 5.75 Å². The van der Waals surface area contributed by atoms with Gasteiger partial charge in [-0.25, -0.2) is 0 Å². The molecule has 0 unspecified atom stereocenters. The van der Waals surface area contributed by atoms with Crippen molar-refractivity contribution in [3.63, 3.8) is 0 Å². The van der Waals surface area contributed by atoms with E-state index in [1.54, 1.807) is 0 Å². The Kier molecular flexibility index (Phi) is 6.10. The Morgan fingerprint density at radius 2 is 2.00 bits per heavy atom. The fraction of sp³-hybridized carbons (Fsp3) is 0.632. The summed E-state index contributed by atoms with van der Waals surface area (Å²) in [6.45, 7) is 5.47. The standard InChI is InChI=1S/C19H28N2O3/c1-14-12-16(6-9-20-14)19(22)21-17-2-4-18(5-3-17)24-13-15-7-10-23-11-8-15/h2-5,14-16,20H,6-13H2,1H3,(H,21,22)/t14-,16-/m0/s1. The predicted octanol–water partition coefficient (Wildman–Crippen LogP) is 2.82. The number of rotatable bonds is 5. The van der Waals surface area contributed by atoms with Crippen LogP contribution in [0.1, 0.15) is 32.6 Å². The second kappa shape index (κ2) is 8.49. The number of hydrogen-bond donors (Lipinski definition) is 2. The van der Waals surface area contributed by atoms with Gasteiger partial charge in [0.2, 0.25) is 5.91 Å². The quantitative estimate of drug-likeness (QED) is 0.870. The van der Waals surface area contributed by atoms with Crippen molar-refractivity contribution < 1.29 is 14.3 Å². The Labute approximate surface area is 144 Å². The third-order valence-electron chi connectivity index (χ3n) is 4.94. The minimum absolute atomic E-state index is 0.102. The van der Waals surface area contributed by atoms with E-state index in [-0.39, 0.29) is 11.8 Å². The summed E-state index contributed by atoms with van der Waals surface area (Å²) in [6.07, 6.45) is 3.95. The van der Waals surface area contributed by atoms with Gasteiger partial charge in [-0.15, -0.1) is 0 Å². The van der Waals surface area contributed by atoms with Crippen LogP contribution in [0, 0.1) is 11.8 Å². The highest BCUT2D eigenvalue weighted by Crippen LogP contribution is 2.22. The first-order valence-corrected chi connectivity index (χ1v) is 9.05. The van der Waals surface area contributed by atoms with Gasteiger partial charge in [-0.2, -0.15) is 0 Å². The van der Waals surface area contributed by atoms with Gasteiger partial charge < -0.3 is 20.1 Å². The predicted molar refractivity (Wildman–Crippen MR) is 94.3 cm³/mol. The molecule has 2 fully saturated rings. The van der Waals surface area contributed by atoms with Crippen molar-refractivity contribution in [2.45, 2.75) is 38.6 Å². The third kappa shape index (κ3) is 4.95. The molecule has 5 nitrogen and oxygen atoms in total. The first-order chi connectivity index (χ1) is 11.7. The summed E-state index contributed by atoms with van der Waals surface area (Å²) in [7, 11) is 0. The van der Waals surface area contributed by atoms with E-state index in [1.807, 2.05) is 24.3 Å². The van der Waals surface area contributed by atoms with E-state index < -0.39 is 0 Å². The second-order valence-electron chi connectivity index (χ2n) is 6.96. The lowest BCUT2D eigenvalue weighted by atomic mass is 9.92. The summed E-state index contributed by atoms with van der Waals surface area (Å²) in [4.78, 5) is 12.3. The fourth-order valence-corrected chi connectivity index (χ4v) is 3.38. The van der Waals surface area contributed by atoms with E-state index in [0.29, 0.717) is 12.0 Å². The largest absolute Gasteiger partial charge is 0.493 e. The molecule has 0 aromatic heterocycles. The molecule has 0 spiro atoms. The molecule has 132 valence electrons. The zero-order chi connectivity index (χ0) is 16.8. The average Bonchev–Trinajstić information content (AvgIpc) is 2.62. The van der Waals surface area contributed by atoms with E-state index in [9.17, 15) is 4.79 Å². The summed E-state index contributed by atoms with van der Waals surface area (Å²) in [5.41, 5.74) is 0.838. The molecule has 2 N–H and O–H groups in total. The highest BCUT2D eigenvalue weighted by Gasteiger charge is 2.24. The number of carbonyl (C=O) groups excluding carboxylic acids is 1. The van der Waals surface area contributed by atoms with Gasteiger partial charge in [0.15, 0.2) is 0 Å². The van der Waals surface area contributed by atoms with E-state index in [2.05, 4.69) is 17.6 Å². The van der Waals surface area contributed by atoms with Gasteiger partial charge in [-0.3, -0.25) is 4.79 Å². The molecular weight excluding hydrogens is 304 g/mol. The lowest BCUT2D eigenvalue weighted by Gasteiger charge is -2.27. The van der Waals surface area contributed by atoms with Crippen molar-refractivity contribution in [3.8, 4) is 5.75 Å². The van der Waals surface area contributed by atoms with E-state index in [4.69, 9.17) is 9.47 Å². The van der Waals surface area contributed by atoms with Gasteiger partial charge >= 0.3 is 0 Å². The van der Waals surface area contributed by atoms with E-state index in [0.717, 1.165) is 63.5 Å². The third-order valence-corrected chi connectivity index (χ3v) is 4.94. The van der Waals surface area contributed by atoms with Crippen LogP contribution in [0.25, 0.3) is 0 Å². The molecule has 5 heteroatoms. The molecule has 1 amide bonds. The number of benzene rings is 1. The minimum atomic E-state index is 0.102. The number of amides is 1. The fourth-order valence-electron chi connectivity index (χ4n) is 3.38. The van der Waals surface area contributed by atoms with Crippen LogP contribution >= 0.6 is 0 Å². The smallest absolute Gasteiger partial charge is 0.227 e. The molecule has 2 atom stereocenters. The number of ether oxygens (including phenoxy) is 2. The van der Waals surface area contributed by atoms with Crippen LogP contribution in [0.15, 0.2) is 24.3 Å². The Balaban J connectivity index is 1.46. The Hall–Kier alpha value is -1.59. The van der Waals surface area contributed by atoms with Gasteiger partial charge in [0.1, 0.15) is 5.75 Å². The Morgan fingerprint density at radius 3 is 2.71 bits per heavy atom. The summed E-state index contributed by atoms with van der Waals surface area (Å²) in [6, 6.07) is 8.11. The Bertz CT molecular complexity index is 526. The zero-order valence-electron chi connectivity index (χ0n) is 14.4. The van der Waals surface area contributed by atoms with Gasteiger partial charge in [0.05, 0.1) is 6.61 Å². The van der Waals surface area contributed by atoms with Crippen LogP contribution < -0.4 is 15.4 Å². The highest BCUT2D eigenvalue weighted by atomic mass is 16.5. The van der Waals surface area contributed by atoms with Gasteiger partial charge in [-0.05, 0) is 69.3 Å². The minimum Gasteiger partial charge on any atom is -0.493 e. The number of nitrogens with one attached hydrogen (secondary N) is 2. The maximum absolute atomic E-state index is 12.3. The molecule has 0 bridgehead atoms. The normalized spacial score (nSPS) is 25.2. The average molecular weight is 332 g/mol. The molecule has 2 heterocycles. The molecule has 1 aromatic rings. The van der Waals surface area contributed by atoms with Crippen molar-refractivity contribution in [2.24, 2.45) is 11.8 Å². The molecule has 0 aliphatic carbocycles. The van der Waals surface area contributed by atoms with E-state index >= 15 is 0 Å². The molecule has 2 aliphatic rings. The SMILES string of the molecule is C[C@H]1C[C@@H](C(=O)Nc2ccc(OCC3CCOCC3)cc2)CCN1. The summed E-state index contributed by atoms with van der Waals surface area (Å²) in [5, 5.41) is 6.40. The second-order valence-corrected chi connectivity index (χ2v) is 6.96. The number of piperidine rings is 1. The van der Waals surface area contributed by atoms with Crippen LogP contribution in [0.4, 0.5) is 5.69 Å². The maximum Gasteiger partial charge on any atom is 0.227 e. The van der Waals surface area contributed by atoms with Crippen molar-refractivity contribution in [3.05, 3.63) is 24.3 Å². The van der Waals surface area contributed by atoms with Crippen LogP contribution in [-0.4, -0.2) is 38.3 Å². The lowest BCUT2D eigenvalue weighted by molar-refractivity contribution is -0.120. The molecular formula is C19H28N2O3. The van der Waals surface area contributed by atoms with Gasteiger partial charge in [0.25, 0.3) is 0 Å². The maximum atomic E-state index is 12.3. The van der Waals surface area contributed by atoms with Gasteiger partial charge in [0, 0.05) is 30.9 Å². The van der Waals surface area contributed by atoms with Crippen molar-refractivity contribution in [2.75, 3.05) is 31.7 Å².